The van der Waals surface area contributed by atoms with Crippen molar-refractivity contribution < 1.29 is 0 Å². The van der Waals surface area contributed by atoms with Gasteiger partial charge in [0.05, 0.1) is 6.20 Å². The lowest BCUT2D eigenvalue weighted by Crippen LogP contribution is -1.83. The van der Waals surface area contributed by atoms with E-state index in [1.807, 2.05) is 18.2 Å². The van der Waals surface area contributed by atoms with Crippen LogP contribution in [0.5, 0.6) is 0 Å². The maximum Gasteiger partial charge on any atom is 0.161 e. The molecule has 3 aromatic rings. The van der Waals surface area contributed by atoms with Crippen molar-refractivity contribution in [2.24, 2.45) is 0 Å². The number of nitrogens with one attached hydrogen (secondary N) is 1. The van der Waals surface area contributed by atoms with Crippen molar-refractivity contribution in [1.82, 2.24) is 20.2 Å². The minimum Gasteiger partial charge on any atom is -0.261 e. The van der Waals surface area contributed by atoms with Crippen molar-refractivity contribution in [2.45, 2.75) is 0 Å². The van der Waals surface area contributed by atoms with Crippen LogP contribution in [0, 0.1) is 0 Å². The van der Waals surface area contributed by atoms with Gasteiger partial charge in [0.1, 0.15) is 0 Å². The molecule has 62 valence electrons. The number of H-pyrrole nitrogens is 1. The minimum absolute atomic E-state index is 0.749. The van der Waals surface area contributed by atoms with Gasteiger partial charge in [-0.15, -0.1) is 0 Å². The van der Waals surface area contributed by atoms with E-state index in [0.717, 1.165) is 22.1 Å². The van der Waals surface area contributed by atoms with Crippen molar-refractivity contribution in [3.05, 3.63) is 30.6 Å². The summed E-state index contributed by atoms with van der Waals surface area (Å²) in [6, 6.07) is 5.91. The number of nitrogens with zero attached hydrogens (tertiary/aromatic N) is 3. The molecule has 3 rings (SSSR count). The van der Waals surface area contributed by atoms with Crippen molar-refractivity contribution in [3.8, 4) is 0 Å². The third-order valence-corrected chi connectivity index (χ3v) is 1.99. The lowest BCUT2D eigenvalue weighted by atomic mass is 10.2. The van der Waals surface area contributed by atoms with Crippen LogP contribution in [0.1, 0.15) is 0 Å². The molecule has 0 atom stereocenters. The highest BCUT2D eigenvalue weighted by Crippen LogP contribution is 2.14. The van der Waals surface area contributed by atoms with Crippen molar-refractivity contribution >= 4 is 22.1 Å². The molecule has 0 saturated carbocycles. The van der Waals surface area contributed by atoms with Crippen LogP contribution in [0.25, 0.3) is 22.1 Å². The maximum absolute atomic E-state index is 4.31. The fraction of sp³-hybridized carbons (Fsp3) is 0. The van der Waals surface area contributed by atoms with Gasteiger partial charge in [-0.1, -0.05) is 0 Å². The first-order chi connectivity index (χ1) is 6.43. The summed E-state index contributed by atoms with van der Waals surface area (Å²) in [5, 5.41) is 8.77. The summed E-state index contributed by atoms with van der Waals surface area (Å²) in [7, 11) is 0. The molecule has 0 fully saturated rings. The molecule has 0 aromatic carbocycles. The molecule has 0 aliphatic carbocycles. The van der Waals surface area contributed by atoms with Crippen LogP contribution >= 0.6 is 0 Å². The van der Waals surface area contributed by atoms with E-state index >= 15 is 0 Å². The summed E-state index contributed by atoms with van der Waals surface area (Å²) in [6.07, 6.45) is 3.49. The Kier molecular flexibility index (Phi) is 1.14. The normalized spacial score (nSPS) is 11.1. The highest BCUT2D eigenvalue weighted by molar-refractivity contribution is 5.88. The van der Waals surface area contributed by atoms with E-state index < -0.39 is 0 Å². The second kappa shape index (κ2) is 2.26. The molecule has 0 amide bonds. The highest BCUT2D eigenvalue weighted by Gasteiger charge is 1.99. The van der Waals surface area contributed by atoms with Gasteiger partial charge < -0.3 is 0 Å². The van der Waals surface area contributed by atoms with Crippen LogP contribution in [-0.4, -0.2) is 20.2 Å². The Balaban J connectivity index is 2.57. The number of pyridine rings is 2. The van der Waals surface area contributed by atoms with Gasteiger partial charge in [0.2, 0.25) is 0 Å². The van der Waals surface area contributed by atoms with Crippen molar-refractivity contribution in [1.29, 1.82) is 0 Å². The Morgan fingerprint density at radius 2 is 2.23 bits per heavy atom. The Morgan fingerprint density at radius 1 is 1.23 bits per heavy atom. The Hall–Kier alpha value is -1.97. The molecule has 3 heterocycles. The molecule has 0 spiro atoms. The zero-order valence-corrected chi connectivity index (χ0v) is 6.73. The van der Waals surface area contributed by atoms with E-state index in [2.05, 4.69) is 20.2 Å². The number of fused-ring (bicyclic) bond motifs is 2. The van der Waals surface area contributed by atoms with Crippen molar-refractivity contribution in [2.75, 3.05) is 0 Å². The number of rotatable bonds is 0. The summed E-state index contributed by atoms with van der Waals surface area (Å²) in [5.74, 6) is 0. The zero-order valence-electron chi connectivity index (χ0n) is 6.73. The molecule has 0 bridgehead atoms. The van der Waals surface area contributed by atoms with E-state index in [1.54, 1.807) is 12.4 Å². The first-order valence-corrected chi connectivity index (χ1v) is 3.98. The van der Waals surface area contributed by atoms with Gasteiger partial charge in [0.15, 0.2) is 11.3 Å². The molecular weight excluding hydrogens is 164 g/mol. The smallest absolute Gasteiger partial charge is 0.161 e. The predicted octanol–water partition coefficient (Wildman–Crippen LogP) is 1.51. The first kappa shape index (κ1) is 6.54. The molecule has 4 nitrogen and oxygen atoms in total. The molecule has 3 aromatic heterocycles. The average Bonchev–Trinajstić information content (AvgIpc) is 2.61. The molecule has 0 saturated heterocycles. The minimum atomic E-state index is 0.749. The molecule has 13 heavy (non-hydrogen) atoms. The van der Waals surface area contributed by atoms with E-state index in [9.17, 15) is 0 Å². The molecule has 0 unspecified atom stereocenters. The van der Waals surface area contributed by atoms with Gasteiger partial charge in [0.25, 0.3) is 0 Å². The molecule has 0 aliphatic rings. The number of aromatic nitrogens is 4. The Morgan fingerprint density at radius 3 is 3.23 bits per heavy atom. The molecule has 0 aliphatic heterocycles. The summed E-state index contributed by atoms with van der Waals surface area (Å²) in [6.45, 7) is 0. The lowest BCUT2D eigenvalue weighted by Gasteiger charge is -1.94. The molecule has 0 radical (unpaired) electrons. The van der Waals surface area contributed by atoms with E-state index in [1.165, 1.54) is 0 Å². The van der Waals surface area contributed by atoms with Crippen molar-refractivity contribution in [3.63, 3.8) is 0 Å². The largest absolute Gasteiger partial charge is 0.261 e. The van der Waals surface area contributed by atoms with Gasteiger partial charge in [-0.3, -0.25) is 5.10 Å². The van der Waals surface area contributed by atoms with Crippen LogP contribution in [-0.2, 0) is 0 Å². The number of aromatic amines is 1. The van der Waals surface area contributed by atoms with Gasteiger partial charge >= 0.3 is 0 Å². The second-order valence-electron chi connectivity index (χ2n) is 2.85. The maximum atomic E-state index is 4.31. The Bertz CT molecular complexity index is 520. The van der Waals surface area contributed by atoms with E-state index in [0.29, 0.717) is 0 Å². The SMILES string of the molecule is c1cnc2nc3[nH]ncc3cc2c1. The standard InChI is InChI=1S/C9H6N4/c1-2-6-4-7-5-11-13-9(7)12-8(6)10-3-1/h1-5H,(H,10,11,12,13). The average molecular weight is 170 g/mol. The van der Waals surface area contributed by atoms with E-state index in [4.69, 9.17) is 0 Å². The third kappa shape index (κ3) is 0.885. The van der Waals surface area contributed by atoms with E-state index in [-0.39, 0.29) is 0 Å². The van der Waals surface area contributed by atoms with Crippen LogP contribution < -0.4 is 0 Å². The topological polar surface area (TPSA) is 54.5 Å². The van der Waals surface area contributed by atoms with Gasteiger partial charge in [-0.25, -0.2) is 9.97 Å². The van der Waals surface area contributed by atoms with Crippen LogP contribution in [0.2, 0.25) is 0 Å². The molecule has 1 N–H and O–H groups in total. The van der Waals surface area contributed by atoms with Gasteiger partial charge in [-0.05, 0) is 18.2 Å². The molecule has 4 heteroatoms. The monoisotopic (exact) mass is 170 g/mol. The lowest BCUT2D eigenvalue weighted by molar-refractivity contribution is 1.10. The molecular formula is C9H6N4. The summed E-state index contributed by atoms with van der Waals surface area (Å²) >= 11 is 0. The number of hydrogen-bond donors (Lipinski definition) is 1. The second-order valence-corrected chi connectivity index (χ2v) is 2.85. The predicted molar refractivity (Wildman–Crippen MR) is 49.2 cm³/mol. The van der Waals surface area contributed by atoms with Crippen LogP contribution in [0.4, 0.5) is 0 Å². The van der Waals surface area contributed by atoms with Crippen LogP contribution in [0.15, 0.2) is 30.6 Å². The summed E-state index contributed by atoms with van der Waals surface area (Å²) in [4.78, 5) is 8.46. The fourth-order valence-corrected chi connectivity index (χ4v) is 1.37. The highest BCUT2D eigenvalue weighted by atomic mass is 15.1. The summed E-state index contributed by atoms with van der Waals surface area (Å²) < 4.78 is 0. The third-order valence-electron chi connectivity index (χ3n) is 1.99. The van der Waals surface area contributed by atoms with Crippen LogP contribution in [0.3, 0.4) is 0 Å². The quantitative estimate of drug-likeness (QED) is 0.556. The Labute approximate surface area is 73.6 Å². The van der Waals surface area contributed by atoms with Gasteiger partial charge in [0, 0.05) is 17.0 Å². The fourth-order valence-electron chi connectivity index (χ4n) is 1.37. The number of hydrogen-bond acceptors (Lipinski definition) is 3. The summed E-state index contributed by atoms with van der Waals surface area (Å²) in [5.41, 5.74) is 1.53. The van der Waals surface area contributed by atoms with Gasteiger partial charge in [-0.2, -0.15) is 5.10 Å². The zero-order chi connectivity index (χ0) is 8.67. The first-order valence-electron chi connectivity index (χ1n) is 3.98.